The molecule has 0 saturated carbocycles. The van der Waals surface area contributed by atoms with E-state index in [0.717, 1.165) is 5.56 Å². The molecule has 35 heavy (non-hydrogen) atoms. The number of hydrogen-bond donors (Lipinski definition) is 3. The molecule has 0 saturated heterocycles. The summed E-state index contributed by atoms with van der Waals surface area (Å²) < 4.78 is 0. The molecule has 170 valence electrons. The van der Waals surface area contributed by atoms with Gasteiger partial charge in [-0.1, -0.05) is 107 Å². The minimum absolute atomic E-state index is 0.356. The minimum atomic E-state index is -1.59. The summed E-state index contributed by atoms with van der Waals surface area (Å²) in [7, 11) is -1.59. The maximum Gasteiger partial charge on any atom is 0.488 e. The van der Waals surface area contributed by atoms with Crippen molar-refractivity contribution in [2.24, 2.45) is 5.73 Å². The van der Waals surface area contributed by atoms with Crippen molar-refractivity contribution in [3.05, 3.63) is 136 Å². The van der Waals surface area contributed by atoms with E-state index in [1.165, 1.54) is 44.5 Å². The summed E-state index contributed by atoms with van der Waals surface area (Å²) in [6, 6.07) is 32.3. The normalized spacial score (nSPS) is 14.9. The van der Waals surface area contributed by atoms with Gasteiger partial charge in [-0.3, -0.25) is 0 Å². The van der Waals surface area contributed by atoms with Crippen LogP contribution in [-0.2, 0) is 5.41 Å². The third-order valence-electron chi connectivity index (χ3n) is 7.26. The van der Waals surface area contributed by atoms with Crippen molar-refractivity contribution in [3.8, 4) is 22.3 Å². The van der Waals surface area contributed by atoms with Crippen LogP contribution in [0.2, 0.25) is 0 Å². The monoisotopic (exact) mass is 519 g/mol. The van der Waals surface area contributed by atoms with Crippen LogP contribution in [0.25, 0.3) is 28.0 Å². The van der Waals surface area contributed by atoms with Gasteiger partial charge in [0.25, 0.3) is 0 Å². The topological polar surface area (TPSA) is 66.5 Å². The summed E-state index contributed by atoms with van der Waals surface area (Å²) >= 11 is 3.32. The Kier molecular flexibility index (Phi) is 5.30. The lowest BCUT2D eigenvalue weighted by atomic mass is 9.70. The summed E-state index contributed by atoms with van der Waals surface area (Å²) in [4.78, 5) is 0. The van der Waals surface area contributed by atoms with E-state index < -0.39 is 12.5 Å². The predicted molar refractivity (Wildman–Crippen MR) is 147 cm³/mol. The number of halogens is 1. The highest BCUT2D eigenvalue weighted by Gasteiger charge is 2.51. The molecule has 6 rings (SSSR count). The van der Waals surface area contributed by atoms with Crippen LogP contribution in [0.4, 0.5) is 0 Å². The molecule has 4 aromatic carbocycles. The summed E-state index contributed by atoms with van der Waals surface area (Å²) in [5, 5.41) is 20.0. The van der Waals surface area contributed by atoms with E-state index in [1.54, 1.807) is 12.2 Å². The number of hydrogen-bond acceptors (Lipinski definition) is 3. The Bertz CT molecular complexity index is 1480. The zero-order valence-electron chi connectivity index (χ0n) is 18.9. The average Bonchev–Trinajstić information content (AvgIpc) is 3.35. The van der Waals surface area contributed by atoms with Gasteiger partial charge in [-0.25, -0.2) is 0 Å². The maximum atomic E-state index is 9.76. The Morgan fingerprint density at radius 3 is 1.71 bits per heavy atom. The van der Waals surface area contributed by atoms with Crippen molar-refractivity contribution in [2.75, 3.05) is 5.33 Å². The van der Waals surface area contributed by atoms with Crippen LogP contribution in [0, 0.1) is 0 Å². The zero-order chi connectivity index (χ0) is 24.2. The Balaban J connectivity index is 1.65. The molecule has 0 atom stereocenters. The van der Waals surface area contributed by atoms with Gasteiger partial charge < -0.3 is 15.8 Å². The van der Waals surface area contributed by atoms with Crippen molar-refractivity contribution in [3.63, 3.8) is 0 Å². The highest BCUT2D eigenvalue weighted by molar-refractivity contribution is 9.09. The molecule has 0 unspecified atom stereocenters. The average molecular weight is 520 g/mol. The van der Waals surface area contributed by atoms with E-state index in [-0.39, 0.29) is 0 Å². The SMILES string of the molecule is N/C(=C\C(=C/CBr)B(O)O)c1ccc2c(c1)C1(c3ccccc3-c3ccccc31)c1ccccc1-2. The fourth-order valence-electron chi connectivity index (χ4n) is 5.87. The van der Waals surface area contributed by atoms with Crippen LogP contribution in [0.5, 0.6) is 0 Å². The lowest BCUT2D eigenvalue weighted by molar-refractivity contribution is 0.420. The number of rotatable bonds is 4. The highest BCUT2D eigenvalue weighted by Crippen LogP contribution is 2.62. The van der Waals surface area contributed by atoms with Crippen molar-refractivity contribution >= 4 is 28.7 Å². The molecule has 0 radical (unpaired) electrons. The van der Waals surface area contributed by atoms with Gasteiger partial charge >= 0.3 is 7.12 Å². The van der Waals surface area contributed by atoms with Crippen LogP contribution in [0.3, 0.4) is 0 Å². The molecular weight excluding hydrogens is 497 g/mol. The molecule has 1 spiro atoms. The third-order valence-corrected chi connectivity index (χ3v) is 7.59. The van der Waals surface area contributed by atoms with Crippen LogP contribution in [0.15, 0.2) is 109 Å². The molecule has 0 heterocycles. The van der Waals surface area contributed by atoms with Crippen LogP contribution >= 0.6 is 15.9 Å². The first-order valence-electron chi connectivity index (χ1n) is 11.6. The second-order valence-corrected chi connectivity index (χ2v) is 9.63. The smallest absolute Gasteiger partial charge is 0.423 e. The quantitative estimate of drug-likeness (QED) is 0.160. The van der Waals surface area contributed by atoms with Crippen LogP contribution in [0.1, 0.15) is 27.8 Å². The molecule has 3 nitrogen and oxygen atoms in total. The molecular formula is C30H23BBrNO2. The fourth-order valence-corrected chi connectivity index (χ4v) is 6.24. The van der Waals surface area contributed by atoms with E-state index >= 15 is 0 Å². The van der Waals surface area contributed by atoms with E-state index in [2.05, 4.69) is 101 Å². The Hall–Kier alpha value is -3.38. The van der Waals surface area contributed by atoms with Crippen LogP contribution < -0.4 is 5.73 Å². The van der Waals surface area contributed by atoms with Gasteiger partial charge in [0.15, 0.2) is 0 Å². The van der Waals surface area contributed by atoms with Crippen LogP contribution in [-0.4, -0.2) is 22.5 Å². The van der Waals surface area contributed by atoms with Crippen molar-refractivity contribution in [1.29, 1.82) is 0 Å². The second-order valence-electron chi connectivity index (χ2n) is 8.98. The zero-order valence-corrected chi connectivity index (χ0v) is 20.5. The van der Waals surface area contributed by atoms with Crippen molar-refractivity contribution in [1.82, 2.24) is 0 Å². The molecule has 5 heteroatoms. The number of benzene rings is 4. The largest absolute Gasteiger partial charge is 0.488 e. The van der Waals surface area contributed by atoms with E-state index in [0.29, 0.717) is 16.5 Å². The first-order valence-corrected chi connectivity index (χ1v) is 12.7. The number of fused-ring (bicyclic) bond motifs is 10. The molecule has 4 aromatic rings. The second kappa shape index (κ2) is 8.38. The van der Waals surface area contributed by atoms with Gasteiger partial charge in [0, 0.05) is 11.0 Å². The molecule has 4 N–H and O–H groups in total. The Morgan fingerprint density at radius 1 is 0.743 bits per heavy atom. The third kappa shape index (κ3) is 3.12. The molecule has 0 bridgehead atoms. The summed E-state index contributed by atoms with van der Waals surface area (Å²) in [5.74, 6) is 0. The predicted octanol–water partition coefficient (Wildman–Crippen LogP) is 5.66. The van der Waals surface area contributed by atoms with E-state index in [1.807, 2.05) is 6.07 Å². The van der Waals surface area contributed by atoms with Gasteiger partial charge in [-0.15, -0.1) is 0 Å². The van der Waals surface area contributed by atoms with Gasteiger partial charge in [-0.2, -0.15) is 0 Å². The molecule has 0 amide bonds. The number of alkyl halides is 1. The first-order chi connectivity index (χ1) is 17.1. The van der Waals surface area contributed by atoms with Gasteiger partial charge in [-0.05, 0) is 67.7 Å². The lowest BCUT2D eigenvalue weighted by Crippen LogP contribution is -2.26. The first kappa shape index (κ1) is 22.1. The minimum Gasteiger partial charge on any atom is -0.423 e. The van der Waals surface area contributed by atoms with E-state index in [4.69, 9.17) is 5.73 Å². The maximum absolute atomic E-state index is 9.76. The molecule has 0 fully saturated rings. The summed E-state index contributed by atoms with van der Waals surface area (Å²) in [5.41, 5.74) is 17.7. The van der Waals surface area contributed by atoms with Gasteiger partial charge in [0.2, 0.25) is 0 Å². The fraction of sp³-hybridized carbons (Fsp3) is 0.0667. The van der Waals surface area contributed by atoms with Gasteiger partial charge in [0.05, 0.1) is 5.41 Å². The molecule has 0 aromatic heterocycles. The molecule has 2 aliphatic rings. The number of allylic oxidation sites excluding steroid dienone is 3. The summed E-state index contributed by atoms with van der Waals surface area (Å²) in [6.07, 6.45) is 3.34. The summed E-state index contributed by atoms with van der Waals surface area (Å²) in [6.45, 7) is 0. The van der Waals surface area contributed by atoms with Crippen molar-refractivity contribution in [2.45, 2.75) is 5.41 Å². The van der Waals surface area contributed by atoms with E-state index in [9.17, 15) is 10.0 Å². The van der Waals surface area contributed by atoms with Gasteiger partial charge in [0.1, 0.15) is 0 Å². The Labute approximate surface area is 213 Å². The highest BCUT2D eigenvalue weighted by atomic mass is 79.9. The lowest BCUT2D eigenvalue weighted by Gasteiger charge is -2.30. The molecule has 2 aliphatic carbocycles. The Morgan fingerprint density at radius 2 is 1.23 bits per heavy atom. The standard InChI is InChI=1S/C30H23BBrNO2/c32-16-15-20(31(34)35)18-29(33)19-13-14-24-23-9-3-6-12-27(23)30(28(24)17-19)25-10-4-1-7-21(25)22-8-2-5-11-26(22)30/h1-15,17-18,34-35H,16,33H2/b20-15+,29-18-. The van der Waals surface area contributed by atoms with Crippen molar-refractivity contribution < 1.29 is 10.0 Å². The number of nitrogens with two attached hydrogens (primary N) is 1. The molecule has 0 aliphatic heterocycles.